The second kappa shape index (κ2) is 29.1. The fraction of sp³-hybridized carbons (Fsp3) is 0.938. The zero-order valence-corrected chi connectivity index (χ0v) is 25.8. The first-order valence-corrected chi connectivity index (χ1v) is 16.8. The molecule has 0 aromatic heterocycles. The third-order valence-electron chi connectivity index (χ3n) is 7.53. The number of nitrogens with zero attached hydrogens (tertiary/aromatic N) is 1. The smallest absolute Gasteiger partial charge is 0.232 e. The number of hydrogen-bond donors (Lipinski definition) is 0. The van der Waals surface area contributed by atoms with E-state index in [9.17, 15) is 9.59 Å². The van der Waals surface area contributed by atoms with Crippen molar-refractivity contribution in [1.29, 1.82) is 0 Å². The van der Waals surface area contributed by atoms with Gasteiger partial charge in [-0.2, -0.15) is 0 Å². The lowest BCUT2D eigenvalue weighted by molar-refractivity contribution is -0.138. The van der Waals surface area contributed by atoms with E-state index in [0.29, 0.717) is 12.8 Å². The molecule has 0 aliphatic rings. The van der Waals surface area contributed by atoms with E-state index in [4.69, 9.17) is 0 Å². The zero-order valence-electron chi connectivity index (χ0n) is 24.6. The molecule has 1 unspecified atom stereocenters. The summed E-state index contributed by atoms with van der Waals surface area (Å²) in [7, 11) is 2.36. The van der Waals surface area contributed by atoms with Gasteiger partial charge in [0.15, 0.2) is 0 Å². The largest absolute Gasteiger partial charge is 0.274 e. The number of carbonyl (C=O) groups excluding carboxylic acids is 2. The van der Waals surface area contributed by atoms with Gasteiger partial charge in [0.25, 0.3) is 0 Å². The van der Waals surface area contributed by atoms with Crippen LogP contribution in [-0.4, -0.2) is 16.5 Å². The molecule has 0 aromatic rings. The summed E-state index contributed by atoms with van der Waals surface area (Å²) in [4.78, 5) is 24.6. The van der Waals surface area contributed by atoms with Crippen LogP contribution in [0.25, 0.3) is 0 Å². The molecule has 3 nitrogen and oxygen atoms in total. The average Bonchev–Trinajstić information content (AvgIpc) is 2.88. The van der Waals surface area contributed by atoms with Crippen molar-refractivity contribution < 1.29 is 9.59 Å². The quantitative estimate of drug-likeness (QED) is 0.0752. The molecule has 0 heterocycles. The predicted octanol–water partition coefficient (Wildman–Crippen LogP) is 11.1. The average molecular weight is 526 g/mol. The fourth-order valence-electron chi connectivity index (χ4n) is 4.97. The summed E-state index contributed by atoms with van der Waals surface area (Å²) >= 11 is 0. The summed E-state index contributed by atoms with van der Waals surface area (Å²) in [5, 5.41) is 0. The predicted molar refractivity (Wildman–Crippen MR) is 162 cm³/mol. The van der Waals surface area contributed by atoms with Gasteiger partial charge in [0.05, 0.1) is 0 Å². The molecule has 0 rings (SSSR count). The second-order valence-electron chi connectivity index (χ2n) is 11.1. The highest BCUT2D eigenvalue weighted by Gasteiger charge is 2.15. The van der Waals surface area contributed by atoms with Crippen LogP contribution < -0.4 is 0 Å². The van der Waals surface area contributed by atoms with Crippen LogP contribution in [-0.2, 0) is 9.59 Å². The lowest BCUT2D eigenvalue weighted by atomic mass is 10.0. The third kappa shape index (κ3) is 25.2. The van der Waals surface area contributed by atoms with Gasteiger partial charge in [0.1, 0.15) is 0 Å². The van der Waals surface area contributed by atoms with Crippen molar-refractivity contribution >= 4 is 21.2 Å². The zero-order chi connectivity index (χ0) is 26.5. The molecular weight excluding hydrogens is 461 g/mol. The van der Waals surface area contributed by atoms with E-state index in [0.717, 1.165) is 25.7 Å². The Morgan fingerprint density at radius 3 is 0.806 bits per heavy atom. The fourth-order valence-corrected chi connectivity index (χ4v) is 5.23. The summed E-state index contributed by atoms with van der Waals surface area (Å²) in [5.74, 6) is -0.0504. The SMILES string of the molecule is CCCCCCCCCCCCCCCC(=O)N(P)C(=O)CCCCCCCCCCCCCCC. The van der Waals surface area contributed by atoms with E-state index in [1.807, 2.05) is 0 Å². The van der Waals surface area contributed by atoms with Gasteiger partial charge in [-0.25, -0.2) is 0 Å². The molecule has 0 aliphatic heterocycles. The van der Waals surface area contributed by atoms with E-state index in [2.05, 4.69) is 23.2 Å². The Morgan fingerprint density at radius 1 is 0.389 bits per heavy atom. The molecule has 0 fully saturated rings. The van der Waals surface area contributed by atoms with Gasteiger partial charge in [-0.3, -0.25) is 14.3 Å². The number of rotatable bonds is 28. The lowest BCUT2D eigenvalue weighted by Gasteiger charge is -2.15. The van der Waals surface area contributed by atoms with Crippen LogP contribution in [0.5, 0.6) is 0 Å². The minimum atomic E-state index is -0.0252. The Labute approximate surface area is 229 Å². The summed E-state index contributed by atoms with van der Waals surface area (Å²) < 4.78 is 1.31. The monoisotopic (exact) mass is 525 g/mol. The van der Waals surface area contributed by atoms with Crippen LogP contribution >= 0.6 is 9.39 Å². The molecule has 214 valence electrons. The number of hydrogen-bond acceptors (Lipinski definition) is 2. The van der Waals surface area contributed by atoms with Crippen LogP contribution in [0.3, 0.4) is 0 Å². The molecule has 0 aliphatic carbocycles. The molecule has 0 radical (unpaired) electrons. The number of amides is 2. The minimum absolute atomic E-state index is 0.0252. The molecule has 36 heavy (non-hydrogen) atoms. The first-order valence-electron chi connectivity index (χ1n) is 16.2. The standard InChI is InChI=1S/C32H64NO2P/c1-3-5-7-9-11-13-15-17-19-21-23-25-27-29-31(34)33(36)32(35)30-28-26-24-22-20-18-16-14-12-10-8-6-4-2/h3-30,36H2,1-2H3. The first kappa shape index (κ1) is 35.6. The lowest BCUT2D eigenvalue weighted by Crippen LogP contribution is -2.27. The molecule has 0 spiro atoms. The van der Waals surface area contributed by atoms with Crippen LogP contribution in [0.15, 0.2) is 0 Å². The van der Waals surface area contributed by atoms with Crippen molar-refractivity contribution in [2.75, 3.05) is 0 Å². The van der Waals surface area contributed by atoms with Gasteiger partial charge in [-0.15, -0.1) is 0 Å². The van der Waals surface area contributed by atoms with Gasteiger partial charge in [0, 0.05) is 12.8 Å². The van der Waals surface area contributed by atoms with Crippen LogP contribution in [0.2, 0.25) is 0 Å². The Hall–Kier alpha value is -0.430. The number of carbonyl (C=O) groups is 2. The van der Waals surface area contributed by atoms with Gasteiger partial charge in [-0.1, -0.05) is 168 Å². The Bertz CT molecular complexity index is 441. The highest BCUT2D eigenvalue weighted by Crippen LogP contribution is 2.16. The van der Waals surface area contributed by atoms with E-state index < -0.39 is 0 Å². The minimum Gasteiger partial charge on any atom is -0.274 e. The third-order valence-corrected chi connectivity index (χ3v) is 8.10. The van der Waals surface area contributed by atoms with E-state index in [1.54, 1.807) is 0 Å². The van der Waals surface area contributed by atoms with Crippen LogP contribution in [0.4, 0.5) is 0 Å². The van der Waals surface area contributed by atoms with E-state index in [1.165, 1.54) is 146 Å². The number of imide groups is 1. The van der Waals surface area contributed by atoms with Crippen molar-refractivity contribution in [3.8, 4) is 0 Å². The van der Waals surface area contributed by atoms with Crippen molar-refractivity contribution in [3.63, 3.8) is 0 Å². The molecule has 4 heteroatoms. The molecular formula is C32H64NO2P. The maximum Gasteiger partial charge on any atom is 0.232 e. The van der Waals surface area contributed by atoms with Gasteiger partial charge < -0.3 is 0 Å². The van der Waals surface area contributed by atoms with Gasteiger partial charge in [-0.05, 0) is 22.2 Å². The topological polar surface area (TPSA) is 37.4 Å². The second-order valence-corrected chi connectivity index (χ2v) is 11.7. The van der Waals surface area contributed by atoms with Gasteiger partial charge >= 0.3 is 0 Å². The maximum atomic E-state index is 12.3. The van der Waals surface area contributed by atoms with Crippen molar-refractivity contribution in [3.05, 3.63) is 0 Å². The molecule has 0 bridgehead atoms. The Morgan fingerprint density at radius 2 is 0.583 bits per heavy atom. The molecule has 0 saturated carbocycles. The summed E-state index contributed by atoms with van der Waals surface area (Å²) in [6, 6.07) is 0. The van der Waals surface area contributed by atoms with Crippen LogP contribution in [0, 0.1) is 0 Å². The summed E-state index contributed by atoms with van der Waals surface area (Å²) in [6.07, 6.45) is 34.9. The maximum absolute atomic E-state index is 12.3. The van der Waals surface area contributed by atoms with Crippen molar-refractivity contribution in [1.82, 2.24) is 4.67 Å². The summed E-state index contributed by atoms with van der Waals surface area (Å²) in [5.41, 5.74) is 0. The molecule has 2 amide bonds. The van der Waals surface area contributed by atoms with Crippen molar-refractivity contribution in [2.45, 2.75) is 194 Å². The van der Waals surface area contributed by atoms with Gasteiger partial charge in [0.2, 0.25) is 11.8 Å². The molecule has 1 atom stereocenters. The molecule has 0 aromatic carbocycles. The highest BCUT2D eigenvalue weighted by atomic mass is 31.0. The molecule has 0 saturated heterocycles. The highest BCUT2D eigenvalue weighted by molar-refractivity contribution is 7.16. The van der Waals surface area contributed by atoms with E-state index >= 15 is 0 Å². The van der Waals surface area contributed by atoms with Crippen molar-refractivity contribution in [2.24, 2.45) is 0 Å². The summed E-state index contributed by atoms with van der Waals surface area (Å²) in [6.45, 7) is 4.54. The Balaban J connectivity index is 3.44. The van der Waals surface area contributed by atoms with E-state index in [-0.39, 0.29) is 11.8 Å². The molecule has 0 N–H and O–H groups in total. The normalized spacial score (nSPS) is 11.2. The first-order chi connectivity index (χ1) is 17.6. The number of unbranched alkanes of at least 4 members (excludes halogenated alkanes) is 24. The van der Waals surface area contributed by atoms with Crippen LogP contribution in [0.1, 0.15) is 194 Å². The Kier molecular flexibility index (Phi) is 28.8.